The van der Waals surface area contributed by atoms with Crippen molar-refractivity contribution < 1.29 is 19.1 Å². The fourth-order valence-electron chi connectivity index (χ4n) is 2.21. The van der Waals surface area contributed by atoms with Gasteiger partial charge in [-0.05, 0) is 57.5 Å². The van der Waals surface area contributed by atoms with E-state index in [9.17, 15) is 9.59 Å². The summed E-state index contributed by atoms with van der Waals surface area (Å²) in [5, 5.41) is 2.81. The number of esters is 1. The van der Waals surface area contributed by atoms with Crippen molar-refractivity contribution in [1.82, 2.24) is 0 Å². The molecule has 0 aliphatic rings. The van der Waals surface area contributed by atoms with Crippen molar-refractivity contribution in [2.75, 3.05) is 11.9 Å². The molecule has 132 valence electrons. The molecule has 0 radical (unpaired) electrons. The molecular weight excluding hydrogens is 318 g/mol. The van der Waals surface area contributed by atoms with E-state index in [-0.39, 0.29) is 5.91 Å². The minimum atomic E-state index is -0.673. The number of benzene rings is 2. The van der Waals surface area contributed by atoms with Gasteiger partial charge in [0.25, 0.3) is 5.91 Å². The van der Waals surface area contributed by atoms with Crippen molar-refractivity contribution in [1.29, 1.82) is 0 Å². The number of anilines is 1. The third-order valence-electron chi connectivity index (χ3n) is 3.71. The van der Waals surface area contributed by atoms with Gasteiger partial charge in [0.2, 0.25) is 0 Å². The Hall–Kier alpha value is -2.82. The Bertz CT molecular complexity index is 753. The van der Waals surface area contributed by atoms with E-state index in [2.05, 4.69) is 5.32 Å². The predicted molar refractivity (Wildman–Crippen MR) is 97.0 cm³/mol. The summed E-state index contributed by atoms with van der Waals surface area (Å²) in [6.45, 7) is 7.57. The zero-order valence-corrected chi connectivity index (χ0v) is 15.0. The SMILES string of the molecule is CCOC(=O)c1ccc(C)c(NC(=O)[C@H](C)Oc2ccc(C)cc2)c1. The Morgan fingerprint density at radius 2 is 1.76 bits per heavy atom. The van der Waals surface area contributed by atoms with Gasteiger partial charge in [0.1, 0.15) is 5.75 Å². The van der Waals surface area contributed by atoms with Crippen LogP contribution in [0.1, 0.15) is 35.3 Å². The molecule has 0 aliphatic heterocycles. The van der Waals surface area contributed by atoms with Gasteiger partial charge in [0.05, 0.1) is 12.2 Å². The average molecular weight is 341 g/mol. The Labute approximate surface area is 148 Å². The van der Waals surface area contributed by atoms with Crippen LogP contribution in [0.4, 0.5) is 5.69 Å². The fourth-order valence-corrected chi connectivity index (χ4v) is 2.21. The highest BCUT2D eigenvalue weighted by Gasteiger charge is 2.17. The molecule has 2 rings (SSSR count). The number of aryl methyl sites for hydroxylation is 2. The Morgan fingerprint density at radius 1 is 1.08 bits per heavy atom. The number of carbonyl (C=O) groups excluding carboxylic acids is 2. The Kier molecular flexibility index (Phi) is 6.17. The topological polar surface area (TPSA) is 64.6 Å². The van der Waals surface area contributed by atoms with E-state index in [1.807, 2.05) is 38.1 Å². The number of hydrogen-bond acceptors (Lipinski definition) is 4. The van der Waals surface area contributed by atoms with E-state index < -0.39 is 12.1 Å². The molecule has 0 heterocycles. The third-order valence-corrected chi connectivity index (χ3v) is 3.71. The van der Waals surface area contributed by atoms with Gasteiger partial charge in [0.15, 0.2) is 6.10 Å². The molecule has 0 spiro atoms. The molecule has 0 bridgehead atoms. The van der Waals surface area contributed by atoms with Crippen LogP contribution in [0.15, 0.2) is 42.5 Å². The zero-order valence-electron chi connectivity index (χ0n) is 15.0. The number of ether oxygens (including phenoxy) is 2. The highest BCUT2D eigenvalue weighted by molar-refractivity contribution is 5.97. The summed E-state index contributed by atoms with van der Waals surface area (Å²) in [6.07, 6.45) is -0.673. The van der Waals surface area contributed by atoms with Crippen molar-refractivity contribution in [2.45, 2.75) is 33.8 Å². The Balaban J connectivity index is 2.07. The van der Waals surface area contributed by atoms with Crippen LogP contribution in [0, 0.1) is 13.8 Å². The lowest BCUT2D eigenvalue weighted by Gasteiger charge is -2.16. The van der Waals surface area contributed by atoms with E-state index in [0.717, 1.165) is 11.1 Å². The number of nitrogens with one attached hydrogen (secondary N) is 1. The van der Waals surface area contributed by atoms with Crippen LogP contribution in [0.5, 0.6) is 5.75 Å². The third kappa shape index (κ3) is 5.08. The van der Waals surface area contributed by atoms with E-state index >= 15 is 0 Å². The van der Waals surface area contributed by atoms with Gasteiger partial charge in [-0.3, -0.25) is 4.79 Å². The Morgan fingerprint density at radius 3 is 2.40 bits per heavy atom. The van der Waals surface area contributed by atoms with E-state index in [4.69, 9.17) is 9.47 Å². The van der Waals surface area contributed by atoms with Gasteiger partial charge >= 0.3 is 5.97 Å². The molecule has 1 amide bonds. The minimum Gasteiger partial charge on any atom is -0.481 e. The quantitative estimate of drug-likeness (QED) is 0.810. The smallest absolute Gasteiger partial charge is 0.338 e. The number of amides is 1. The fraction of sp³-hybridized carbons (Fsp3) is 0.300. The first-order chi connectivity index (χ1) is 11.9. The molecule has 0 saturated carbocycles. The first-order valence-electron chi connectivity index (χ1n) is 8.22. The summed E-state index contributed by atoms with van der Waals surface area (Å²) in [7, 11) is 0. The molecule has 1 N–H and O–H groups in total. The maximum Gasteiger partial charge on any atom is 0.338 e. The second-order valence-electron chi connectivity index (χ2n) is 5.81. The molecule has 5 nitrogen and oxygen atoms in total. The maximum atomic E-state index is 12.4. The van der Waals surface area contributed by atoms with Crippen molar-refractivity contribution >= 4 is 17.6 Å². The van der Waals surface area contributed by atoms with Gasteiger partial charge < -0.3 is 14.8 Å². The van der Waals surface area contributed by atoms with Gasteiger partial charge in [-0.1, -0.05) is 23.8 Å². The summed E-state index contributed by atoms with van der Waals surface area (Å²) in [5.74, 6) is -0.0723. The summed E-state index contributed by atoms with van der Waals surface area (Å²) in [4.78, 5) is 24.2. The van der Waals surface area contributed by atoms with Crippen LogP contribution in [0.25, 0.3) is 0 Å². The first kappa shape index (κ1) is 18.5. The van der Waals surface area contributed by atoms with Crippen LogP contribution < -0.4 is 10.1 Å². The van der Waals surface area contributed by atoms with E-state index in [1.54, 1.807) is 32.0 Å². The molecule has 25 heavy (non-hydrogen) atoms. The molecule has 0 fully saturated rings. The lowest BCUT2D eigenvalue weighted by Crippen LogP contribution is -2.30. The van der Waals surface area contributed by atoms with Gasteiger partial charge in [0, 0.05) is 5.69 Å². The molecule has 1 atom stereocenters. The normalized spacial score (nSPS) is 11.5. The van der Waals surface area contributed by atoms with E-state index in [0.29, 0.717) is 23.6 Å². The van der Waals surface area contributed by atoms with Crippen molar-refractivity contribution in [2.24, 2.45) is 0 Å². The zero-order chi connectivity index (χ0) is 18.4. The summed E-state index contributed by atoms with van der Waals surface area (Å²) in [5.41, 5.74) is 2.93. The molecule has 0 aromatic heterocycles. The van der Waals surface area contributed by atoms with Crippen LogP contribution >= 0.6 is 0 Å². The minimum absolute atomic E-state index is 0.287. The number of carbonyl (C=O) groups is 2. The highest BCUT2D eigenvalue weighted by Crippen LogP contribution is 2.19. The number of hydrogen-bond donors (Lipinski definition) is 1. The lowest BCUT2D eigenvalue weighted by atomic mass is 10.1. The van der Waals surface area contributed by atoms with Crippen LogP contribution in [0.2, 0.25) is 0 Å². The van der Waals surface area contributed by atoms with Crippen molar-refractivity contribution in [3.8, 4) is 5.75 Å². The summed E-state index contributed by atoms with van der Waals surface area (Å²) in [6, 6.07) is 12.6. The standard InChI is InChI=1S/C20H23NO4/c1-5-24-20(23)16-9-8-14(3)18(12-16)21-19(22)15(4)25-17-10-6-13(2)7-11-17/h6-12,15H,5H2,1-4H3,(H,21,22)/t15-/m0/s1. The lowest BCUT2D eigenvalue weighted by molar-refractivity contribution is -0.122. The number of rotatable bonds is 6. The predicted octanol–water partition coefficient (Wildman–Crippen LogP) is 3.89. The second kappa shape index (κ2) is 8.33. The first-order valence-corrected chi connectivity index (χ1v) is 8.22. The van der Waals surface area contributed by atoms with Gasteiger partial charge in [-0.25, -0.2) is 4.79 Å². The van der Waals surface area contributed by atoms with Crippen LogP contribution in [-0.4, -0.2) is 24.6 Å². The molecule has 2 aromatic carbocycles. The largest absolute Gasteiger partial charge is 0.481 e. The molecular formula is C20H23NO4. The van der Waals surface area contributed by atoms with E-state index in [1.165, 1.54) is 0 Å². The summed E-state index contributed by atoms with van der Waals surface area (Å²) < 4.78 is 10.6. The molecule has 0 saturated heterocycles. The maximum absolute atomic E-state index is 12.4. The van der Waals surface area contributed by atoms with Crippen LogP contribution in [0.3, 0.4) is 0 Å². The molecule has 0 aliphatic carbocycles. The van der Waals surface area contributed by atoms with Crippen LogP contribution in [-0.2, 0) is 9.53 Å². The molecule has 5 heteroatoms. The summed E-state index contributed by atoms with van der Waals surface area (Å²) >= 11 is 0. The van der Waals surface area contributed by atoms with Crippen molar-refractivity contribution in [3.63, 3.8) is 0 Å². The second-order valence-corrected chi connectivity index (χ2v) is 5.81. The average Bonchev–Trinajstić information content (AvgIpc) is 2.59. The van der Waals surface area contributed by atoms with Gasteiger partial charge in [-0.15, -0.1) is 0 Å². The monoisotopic (exact) mass is 341 g/mol. The highest BCUT2D eigenvalue weighted by atomic mass is 16.5. The molecule has 2 aromatic rings. The molecule has 0 unspecified atom stereocenters. The van der Waals surface area contributed by atoms with Crippen molar-refractivity contribution in [3.05, 3.63) is 59.2 Å². The van der Waals surface area contributed by atoms with Gasteiger partial charge in [-0.2, -0.15) is 0 Å².